The lowest BCUT2D eigenvalue weighted by Gasteiger charge is -2.09. The number of amides is 1. The molecule has 6 heteroatoms. The smallest absolute Gasteiger partial charge is 0.256 e. The molecule has 0 radical (unpaired) electrons. The molecule has 0 atom stereocenters. The molecular formula is C17H19N3O3. The number of fused-ring (bicyclic) bond motifs is 1. The summed E-state index contributed by atoms with van der Waals surface area (Å²) in [5, 5.41) is 6.05. The Morgan fingerprint density at radius 1 is 1.22 bits per heavy atom. The van der Waals surface area contributed by atoms with Gasteiger partial charge in [-0.25, -0.2) is 4.98 Å². The Morgan fingerprint density at radius 3 is 2.78 bits per heavy atom. The molecule has 0 saturated carbocycles. The largest absolute Gasteiger partial charge is 0.454 e. The van der Waals surface area contributed by atoms with Gasteiger partial charge in [0.05, 0.1) is 11.9 Å². The lowest BCUT2D eigenvalue weighted by atomic mass is 10.2. The number of rotatable bonds is 5. The number of hydrogen-bond acceptors (Lipinski definition) is 5. The van der Waals surface area contributed by atoms with Crippen molar-refractivity contribution < 1.29 is 14.3 Å². The van der Waals surface area contributed by atoms with Crippen LogP contribution in [0.2, 0.25) is 0 Å². The van der Waals surface area contributed by atoms with Crippen LogP contribution in [-0.4, -0.2) is 24.2 Å². The fourth-order valence-electron chi connectivity index (χ4n) is 2.12. The summed E-state index contributed by atoms with van der Waals surface area (Å²) in [5.41, 5.74) is 1.43. The number of anilines is 2. The zero-order valence-corrected chi connectivity index (χ0v) is 13.1. The van der Waals surface area contributed by atoms with Crippen LogP contribution in [0.5, 0.6) is 11.5 Å². The summed E-state index contributed by atoms with van der Waals surface area (Å²) in [6.07, 6.45) is 1.71. The molecule has 0 fully saturated rings. The van der Waals surface area contributed by atoms with E-state index in [-0.39, 0.29) is 12.7 Å². The zero-order chi connectivity index (χ0) is 16.2. The number of ether oxygens (including phenoxy) is 2. The molecule has 1 aromatic heterocycles. The van der Waals surface area contributed by atoms with Crippen LogP contribution in [0, 0.1) is 5.92 Å². The lowest BCUT2D eigenvalue weighted by molar-refractivity contribution is 0.102. The van der Waals surface area contributed by atoms with Crippen molar-refractivity contribution in [1.29, 1.82) is 0 Å². The molecule has 2 N–H and O–H groups in total. The van der Waals surface area contributed by atoms with Crippen LogP contribution in [-0.2, 0) is 0 Å². The van der Waals surface area contributed by atoms with Gasteiger partial charge in [-0.2, -0.15) is 0 Å². The minimum absolute atomic E-state index is 0.187. The topological polar surface area (TPSA) is 72.5 Å². The Kier molecular flexibility index (Phi) is 4.32. The molecule has 1 aromatic carbocycles. The van der Waals surface area contributed by atoms with Gasteiger partial charge >= 0.3 is 0 Å². The molecule has 2 aromatic rings. The van der Waals surface area contributed by atoms with E-state index in [1.54, 1.807) is 30.5 Å². The average molecular weight is 313 g/mol. The first-order valence-corrected chi connectivity index (χ1v) is 7.53. The maximum absolute atomic E-state index is 12.3. The standard InChI is InChI=1S/C17H19N3O3/c1-11(2)8-18-13-4-6-16(19-9-13)20-17(21)12-3-5-14-15(7-12)23-10-22-14/h3-7,9,11,18H,8,10H2,1-2H3,(H,19,20,21). The van der Waals surface area contributed by atoms with E-state index in [0.29, 0.717) is 28.8 Å². The van der Waals surface area contributed by atoms with Crippen LogP contribution in [0.25, 0.3) is 0 Å². The lowest BCUT2D eigenvalue weighted by Crippen LogP contribution is -2.13. The van der Waals surface area contributed by atoms with Gasteiger partial charge < -0.3 is 20.1 Å². The van der Waals surface area contributed by atoms with Crippen LogP contribution in [0.3, 0.4) is 0 Å². The highest BCUT2D eigenvalue weighted by atomic mass is 16.7. The summed E-state index contributed by atoms with van der Waals surface area (Å²) in [6, 6.07) is 8.75. The molecule has 23 heavy (non-hydrogen) atoms. The van der Waals surface area contributed by atoms with Crippen molar-refractivity contribution in [1.82, 2.24) is 4.98 Å². The number of nitrogens with one attached hydrogen (secondary N) is 2. The van der Waals surface area contributed by atoms with Crippen LogP contribution >= 0.6 is 0 Å². The molecule has 120 valence electrons. The Bertz CT molecular complexity index is 699. The second kappa shape index (κ2) is 6.56. The zero-order valence-electron chi connectivity index (χ0n) is 13.1. The minimum atomic E-state index is -0.237. The average Bonchev–Trinajstić information content (AvgIpc) is 3.01. The van der Waals surface area contributed by atoms with Crippen molar-refractivity contribution in [3.63, 3.8) is 0 Å². The van der Waals surface area contributed by atoms with Gasteiger partial charge in [-0.15, -0.1) is 0 Å². The van der Waals surface area contributed by atoms with E-state index in [4.69, 9.17) is 9.47 Å². The van der Waals surface area contributed by atoms with Gasteiger partial charge in [0.1, 0.15) is 5.82 Å². The fraction of sp³-hybridized carbons (Fsp3) is 0.294. The highest BCUT2D eigenvalue weighted by molar-refractivity contribution is 6.04. The molecule has 1 aliphatic rings. The third kappa shape index (κ3) is 3.71. The van der Waals surface area contributed by atoms with Crippen molar-refractivity contribution in [3.8, 4) is 11.5 Å². The van der Waals surface area contributed by atoms with E-state index in [1.807, 2.05) is 6.07 Å². The number of aromatic nitrogens is 1. The van der Waals surface area contributed by atoms with Gasteiger partial charge in [0.25, 0.3) is 5.91 Å². The first kappa shape index (κ1) is 15.1. The molecule has 0 bridgehead atoms. The van der Waals surface area contributed by atoms with E-state index < -0.39 is 0 Å². The quantitative estimate of drug-likeness (QED) is 0.887. The molecule has 6 nitrogen and oxygen atoms in total. The molecule has 1 amide bonds. The Labute approximate surface area is 134 Å². The first-order chi connectivity index (χ1) is 11.1. The fourth-order valence-corrected chi connectivity index (χ4v) is 2.12. The van der Waals surface area contributed by atoms with E-state index in [2.05, 4.69) is 29.5 Å². The van der Waals surface area contributed by atoms with Gasteiger partial charge in [-0.05, 0) is 36.2 Å². The van der Waals surface area contributed by atoms with E-state index in [9.17, 15) is 4.79 Å². The number of nitrogens with zero attached hydrogens (tertiary/aromatic N) is 1. The highest BCUT2D eigenvalue weighted by Gasteiger charge is 2.16. The number of hydrogen-bond donors (Lipinski definition) is 2. The van der Waals surface area contributed by atoms with Gasteiger partial charge in [0, 0.05) is 12.1 Å². The third-order valence-corrected chi connectivity index (χ3v) is 3.35. The van der Waals surface area contributed by atoms with Crippen molar-refractivity contribution in [2.24, 2.45) is 5.92 Å². The van der Waals surface area contributed by atoms with Crippen molar-refractivity contribution >= 4 is 17.4 Å². The molecular weight excluding hydrogens is 294 g/mol. The summed E-state index contributed by atoms with van der Waals surface area (Å²) in [5.74, 6) is 2.06. The molecule has 0 aliphatic carbocycles. The van der Waals surface area contributed by atoms with Gasteiger partial charge in [0.15, 0.2) is 11.5 Å². The first-order valence-electron chi connectivity index (χ1n) is 7.53. The Morgan fingerprint density at radius 2 is 2.04 bits per heavy atom. The van der Waals surface area contributed by atoms with E-state index >= 15 is 0 Å². The van der Waals surface area contributed by atoms with E-state index in [1.165, 1.54) is 0 Å². The normalized spacial score (nSPS) is 12.3. The molecule has 0 unspecified atom stereocenters. The van der Waals surface area contributed by atoms with Crippen molar-refractivity contribution in [2.45, 2.75) is 13.8 Å². The van der Waals surface area contributed by atoms with Gasteiger partial charge in [-0.3, -0.25) is 4.79 Å². The monoisotopic (exact) mass is 313 g/mol. The summed E-state index contributed by atoms with van der Waals surface area (Å²) in [4.78, 5) is 16.5. The molecule has 1 aliphatic heterocycles. The van der Waals surface area contributed by atoms with Crippen LogP contribution in [0.1, 0.15) is 24.2 Å². The third-order valence-electron chi connectivity index (χ3n) is 3.35. The second-order valence-electron chi connectivity index (χ2n) is 5.73. The summed E-state index contributed by atoms with van der Waals surface area (Å²) in [7, 11) is 0. The second-order valence-corrected chi connectivity index (χ2v) is 5.73. The van der Waals surface area contributed by atoms with Crippen LogP contribution in [0.15, 0.2) is 36.5 Å². The predicted molar refractivity (Wildman–Crippen MR) is 88.1 cm³/mol. The highest BCUT2D eigenvalue weighted by Crippen LogP contribution is 2.32. The SMILES string of the molecule is CC(C)CNc1ccc(NC(=O)c2ccc3c(c2)OCO3)nc1. The van der Waals surface area contributed by atoms with Crippen molar-refractivity contribution in [2.75, 3.05) is 24.0 Å². The summed E-state index contributed by atoms with van der Waals surface area (Å²) >= 11 is 0. The number of carbonyl (C=O) groups excluding carboxylic acids is 1. The number of benzene rings is 1. The van der Waals surface area contributed by atoms with Crippen LogP contribution < -0.4 is 20.1 Å². The Balaban J connectivity index is 1.63. The maximum atomic E-state index is 12.3. The maximum Gasteiger partial charge on any atom is 0.256 e. The molecule has 3 rings (SSSR count). The summed E-state index contributed by atoms with van der Waals surface area (Å²) < 4.78 is 10.5. The van der Waals surface area contributed by atoms with E-state index in [0.717, 1.165) is 12.2 Å². The molecule has 0 spiro atoms. The molecule has 2 heterocycles. The van der Waals surface area contributed by atoms with Crippen LogP contribution in [0.4, 0.5) is 11.5 Å². The molecule has 0 saturated heterocycles. The number of carbonyl (C=O) groups is 1. The van der Waals surface area contributed by atoms with Gasteiger partial charge in [0.2, 0.25) is 6.79 Å². The van der Waals surface area contributed by atoms with Crippen molar-refractivity contribution in [3.05, 3.63) is 42.1 Å². The summed E-state index contributed by atoms with van der Waals surface area (Å²) in [6.45, 7) is 5.35. The number of pyridine rings is 1. The minimum Gasteiger partial charge on any atom is -0.454 e. The Hall–Kier alpha value is -2.76. The predicted octanol–water partition coefficient (Wildman–Crippen LogP) is 3.13. The van der Waals surface area contributed by atoms with Gasteiger partial charge in [-0.1, -0.05) is 13.8 Å².